The lowest BCUT2D eigenvalue weighted by Gasteiger charge is -2.06. The van der Waals surface area contributed by atoms with Gasteiger partial charge >= 0.3 is 5.97 Å². The largest absolute Gasteiger partial charge is 0.480 e. The summed E-state index contributed by atoms with van der Waals surface area (Å²) in [5.74, 6) is -0.933. The van der Waals surface area contributed by atoms with E-state index in [0.29, 0.717) is 6.42 Å². The van der Waals surface area contributed by atoms with Gasteiger partial charge in [-0.15, -0.1) is 0 Å². The molecule has 0 saturated carbocycles. The highest BCUT2D eigenvalue weighted by atomic mass is 16.4. The van der Waals surface area contributed by atoms with E-state index in [1.165, 1.54) is 5.56 Å². The lowest BCUT2D eigenvalue weighted by atomic mass is 10.0. The first-order valence-electron chi connectivity index (χ1n) is 4.63. The van der Waals surface area contributed by atoms with Crippen LogP contribution in [0.3, 0.4) is 0 Å². The van der Waals surface area contributed by atoms with Crippen LogP contribution >= 0.6 is 0 Å². The molecule has 76 valence electrons. The van der Waals surface area contributed by atoms with E-state index >= 15 is 0 Å². The van der Waals surface area contributed by atoms with E-state index in [4.69, 9.17) is 10.8 Å². The normalized spacial score (nSPS) is 12.4. The van der Waals surface area contributed by atoms with E-state index in [2.05, 4.69) is 6.07 Å². The Balaban J connectivity index is 2.49. The molecule has 0 aromatic heterocycles. The molecule has 1 aromatic carbocycles. The monoisotopic (exact) mass is 193 g/mol. The highest BCUT2D eigenvalue weighted by molar-refractivity contribution is 5.73. The van der Waals surface area contributed by atoms with Crippen molar-refractivity contribution in [3.05, 3.63) is 35.4 Å². The standard InChI is InChI=1S/C11H15NO2/c1-8-3-2-4-9(7-8)5-6-10(12)11(13)14/h2-4,7,10H,5-6,12H2,1H3,(H,13,14)/t10-/m0/s1. The summed E-state index contributed by atoms with van der Waals surface area (Å²) in [6.07, 6.45) is 1.20. The van der Waals surface area contributed by atoms with E-state index < -0.39 is 12.0 Å². The Morgan fingerprint density at radius 3 is 2.86 bits per heavy atom. The molecule has 1 atom stereocenters. The first-order chi connectivity index (χ1) is 6.59. The van der Waals surface area contributed by atoms with Gasteiger partial charge in [0.15, 0.2) is 0 Å². The summed E-state index contributed by atoms with van der Waals surface area (Å²) in [4.78, 5) is 10.5. The summed E-state index contributed by atoms with van der Waals surface area (Å²) >= 11 is 0. The SMILES string of the molecule is Cc1cccc(CC[C@H](N)C(=O)O)c1. The van der Waals surface area contributed by atoms with E-state index in [1.807, 2.05) is 25.1 Å². The minimum absolute atomic E-state index is 0.485. The maximum absolute atomic E-state index is 10.5. The Hall–Kier alpha value is -1.35. The van der Waals surface area contributed by atoms with Crippen LogP contribution < -0.4 is 5.73 Å². The molecule has 0 unspecified atom stereocenters. The molecule has 14 heavy (non-hydrogen) atoms. The maximum Gasteiger partial charge on any atom is 0.320 e. The number of nitrogens with two attached hydrogens (primary N) is 1. The summed E-state index contributed by atoms with van der Waals surface area (Å²) in [7, 11) is 0. The van der Waals surface area contributed by atoms with Gasteiger partial charge in [0.25, 0.3) is 0 Å². The second-order valence-corrected chi connectivity index (χ2v) is 3.47. The predicted octanol–water partition coefficient (Wildman–Crippen LogP) is 1.34. The fourth-order valence-electron chi connectivity index (χ4n) is 1.31. The van der Waals surface area contributed by atoms with Crippen LogP contribution in [0.1, 0.15) is 17.5 Å². The summed E-state index contributed by atoms with van der Waals surface area (Å²) in [5.41, 5.74) is 7.73. The zero-order valence-corrected chi connectivity index (χ0v) is 8.23. The van der Waals surface area contributed by atoms with Crippen molar-refractivity contribution in [2.24, 2.45) is 5.73 Å². The van der Waals surface area contributed by atoms with Crippen molar-refractivity contribution in [2.75, 3.05) is 0 Å². The molecule has 0 radical (unpaired) electrons. The van der Waals surface area contributed by atoms with Crippen LogP contribution in [0.25, 0.3) is 0 Å². The zero-order valence-electron chi connectivity index (χ0n) is 8.23. The van der Waals surface area contributed by atoms with Crippen LogP contribution in [0.15, 0.2) is 24.3 Å². The molecule has 0 heterocycles. The molecule has 0 spiro atoms. The van der Waals surface area contributed by atoms with Crippen molar-refractivity contribution in [2.45, 2.75) is 25.8 Å². The molecule has 3 nitrogen and oxygen atoms in total. The molecular formula is C11H15NO2. The average molecular weight is 193 g/mol. The van der Waals surface area contributed by atoms with Gasteiger partial charge < -0.3 is 10.8 Å². The fourth-order valence-corrected chi connectivity index (χ4v) is 1.31. The van der Waals surface area contributed by atoms with Crippen molar-refractivity contribution in [1.29, 1.82) is 0 Å². The molecule has 0 aliphatic rings. The first-order valence-corrected chi connectivity index (χ1v) is 4.63. The second kappa shape index (κ2) is 4.77. The van der Waals surface area contributed by atoms with Crippen LogP contribution in [0, 0.1) is 6.92 Å². The van der Waals surface area contributed by atoms with Crippen LogP contribution in [0.2, 0.25) is 0 Å². The maximum atomic E-state index is 10.5. The third kappa shape index (κ3) is 3.18. The van der Waals surface area contributed by atoms with Gasteiger partial charge in [0.1, 0.15) is 6.04 Å². The number of carbonyl (C=O) groups is 1. The summed E-state index contributed by atoms with van der Waals surface area (Å²) in [5, 5.41) is 8.59. The van der Waals surface area contributed by atoms with Crippen LogP contribution in [-0.4, -0.2) is 17.1 Å². The van der Waals surface area contributed by atoms with Gasteiger partial charge in [-0.3, -0.25) is 4.79 Å². The van der Waals surface area contributed by atoms with Gasteiger partial charge in [-0.05, 0) is 25.3 Å². The summed E-state index contributed by atoms with van der Waals surface area (Å²) < 4.78 is 0. The van der Waals surface area contributed by atoms with Gasteiger partial charge in [0.2, 0.25) is 0 Å². The Kier molecular flexibility index (Phi) is 3.65. The van der Waals surface area contributed by atoms with Gasteiger partial charge in [-0.1, -0.05) is 29.8 Å². The zero-order chi connectivity index (χ0) is 10.6. The number of carboxylic acids is 1. The number of hydrogen-bond acceptors (Lipinski definition) is 2. The molecular weight excluding hydrogens is 178 g/mol. The number of rotatable bonds is 4. The molecule has 3 heteroatoms. The van der Waals surface area contributed by atoms with E-state index in [1.54, 1.807) is 0 Å². The molecule has 0 fully saturated rings. The van der Waals surface area contributed by atoms with Gasteiger partial charge in [0.05, 0.1) is 0 Å². The first kappa shape index (κ1) is 10.7. The molecule has 0 aliphatic carbocycles. The second-order valence-electron chi connectivity index (χ2n) is 3.47. The van der Waals surface area contributed by atoms with E-state index in [-0.39, 0.29) is 0 Å². The van der Waals surface area contributed by atoms with Crippen molar-refractivity contribution in [3.8, 4) is 0 Å². The lowest BCUT2D eigenvalue weighted by Crippen LogP contribution is -2.30. The lowest BCUT2D eigenvalue weighted by molar-refractivity contribution is -0.138. The van der Waals surface area contributed by atoms with Gasteiger partial charge in [0, 0.05) is 0 Å². The average Bonchev–Trinajstić information content (AvgIpc) is 2.14. The minimum atomic E-state index is -0.933. The number of carboxylic acid groups (broad SMARTS) is 1. The molecule has 1 aromatic rings. The van der Waals surface area contributed by atoms with Gasteiger partial charge in [-0.2, -0.15) is 0 Å². The highest BCUT2D eigenvalue weighted by Crippen LogP contribution is 2.07. The van der Waals surface area contributed by atoms with Crippen molar-refractivity contribution < 1.29 is 9.90 Å². The third-order valence-electron chi connectivity index (χ3n) is 2.14. The third-order valence-corrected chi connectivity index (χ3v) is 2.14. The van der Waals surface area contributed by atoms with Crippen LogP contribution in [0.5, 0.6) is 0 Å². The molecule has 3 N–H and O–H groups in total. The fraction of sp³-hybridized carbons (Fsp3) is 0.364. The number of benzene rings is 1. The summed E-state index contributed by atoms with van der Waals surface area (Å²) in [6, 6.07) is 7.27. The Bertz CT molecular complexity index is 323. The summed E-state index contributed by atoms with van der Waals surface area (Å²) in [6.45, 7) is 2.01. The predicted molar refractivity (Wildman–Crippen MR) is 55.1 cm³/mol. The highest BCUT2D eigenvalue weighted by Gasteiger charge is 2.10. The Morgan fingerprint density at radius 2 is 2.29 bits per heavy atom. The Morgan fingerprint density at radius 1 is 1.57 bits per heavy atom. The molecule has 0 saturated heterocycles. The smallest absolute Gasteiger partial charge is 0.320 e. The van der Waals surface area contributed by atoms with Crippen LogP contribution in [-0.2, 0) is 11.2 Å². The minimum Gasteiger partial charge on any atom is -0.480 e. The molecule has 0 bridgehead atoms. The quantitative estimate of drug-likeness (QED) is 0.758. The van der Waals surface area contributed by atoms with E-state index in [0.717, 1.165) is 12.0 Å². The molecule has 1 rings (SSSR count). The molecule has 0 aliphatic heterocycles. The topological polar surface area (TPSA) is 63.3 Å². The number of hydrogen-bond donors (Lipinski definition) is 2. The van der Waals surface area contributed by atoms with Crippen molar-refractivity contribution >= 4 is 5.97 Å². The Labute approximate surface area is 83.6 Å². The number of aryl methyl sites for hydroxylation is 2. The van der Waals surface area contributed by atoms with Gasteiger partial charge in [-0.25, -0.2) is 0 Å². The molecule has 0 amide bonds. The van der Waals surface area contributed by atoms with Crippen molar-refractivity contribution in [1.82, 2.24) is 0 Å². The van der Waals surface area contributed by atoms with Crippen molar-refractivity contribution in [3.63, 3.8) is 0 Å². The van der Waals surface area contributed by atoms with Crippen LogP contribution in [0.4, 0.5) is 0 Å². The number of aliphatic carboxylic acids is 1. The van der Waals surface area contributed by atoms with E-state index in [9.17, 15) is 4.79 Å².